The number of aliphatic carboxylic acids is 1. The molecule has 0 aliphatic carbocycles. The summed E-state index contributed by atoms with van der Waals surface area (Å²) in [6.07, 6.45) is -0.0633. The lowest BCUT2D eigenvalue weighted by Crippen LogP contribution is -2.55. The Morgan fingerprint density at radius 3 is 2.41 bits per heavy atom. The first-order chi connectivity index (χ1) is 7.99. The van der Waals surface area contributed by atoms with E-state index in [0.29, 0.717) is 12.5 Å². The standard InChI is InChI=1S/C13H19NO3/c1-9(2)8-17-11-5-3-10(4-6-11)12(14)7-13(15)16/h3-6,9,12H,7-8,14H2,1-2H3,(H,15,16)/t12-/m1/s1. The number of benzene rings is 1. The number of hydrogen-bond donors (Lipinski definition) is 1. The average molecular weight is 237 g/mol. The van der Waals surface area contributed by atoms with E-state index in [-0.39, 0.29) is 12.5 Å². The van der Waals surface area contributed by atoms with Gasteiger partial charge in [-0.3, -0.25) is 0 Å². The highest BCUT2D eigenvalue weighted by Crippen LogP contribution is 2.17. The highest BCUT2D eigenvalue weighted by molar-refractivity contribution is 5.65. The Morgan fingerprint density at radius 1 is 1.35 bits per heavy atom. The zero-order valence-electron chi connectivity index (χ0n) is 10.3. The van der Waals surface area contributed by atoms with Crippen LogP contribution in [0.4, 0.5) is 0 Å². The molecule has 1 aromatic carbocycles. The van der Waals surface area contributed by atoms with Crippen molar-refractivity contribution < 1.29 is 20.4 Å². The molecule has 1 atom stereocenters. The molecule has 0 amide bonds. The molecule has 17 heavy (non-hydrogen) atoms. The minimum Gasteiger partial charge on any atom is -0.550 e. The summed E-state index contributed by atoms with van der Waals surface area (Å²) in [7, 11) is 0. The first-order valence-electron chi connectivity index (χ1n) is 5.74. The summed E-state index contributed by atoms with van der Waals surface area (Å²) in [5, 5.41) is 10.5. The first kappa shape index (κ1) is 13.5. The van der Waals surface area contributed by atoms with Gasteiger partial charge in [-0.05, 0) is 30.2 Å². The second kappa shape index (κ2) is 6.25. The van der Waals surface area contributed by atoms with Crippen molar-refractivity contribution in [1.82, 2.24) is 0 Å². The van der Waals surface area contributed by atoms with Crippen molar-refractivity contribution in [3.8, 4) is 5.75 Å². The van der Waals surface area contributed by atoms with Crippen molar-refractivity contribution in [2.45, 2.75) is 26.3 Å². The van der Waals surface area contributed by atoms with E-state index in [2.05, 4.69) is 19.6 Å². The first-order valence-corrected chi connectivity index (χ1v) is 5.74. The van der Waals surface area contributed by atoms with E-state index in [4.69, 9.17) is 4.74 Å². The fourth-order valence-corrected chi connectivity index (χ4v) is 1.42. The molecule has 1 rings (SSSR count). The molecule has 4 nitrogen and oxygen atoms in total. The van der Waals surface area contributed by atoms with Crippen LogP contribution < -0.4 is 15.6 Å². The van der Waals surface area contributed by atoms with Crippen LogP contribution in [0.5, 0.6) is 5.75 Å². The number of carbonyl (C=O) groups is 1. The lowest BCUT2D eigenvalue weighted by Gasteiger charge is -2.11. The van der Waals surface area contributed by atoms with Gasteiger partial charge in [0.05, 0.1) is 6.61 Å². The summed E-state index contributed by atoms with van der Waals surface area (Å²) >= 11 is 0. The van der Waals surface area contributed by atoms with Crippen LogP contribution in [0.2, 0.25) is 0 Å². The van der Waals surface area contributed by atoms with E-state index in [1.807, 2.05) is 24.3 Å². The molecule has 0 unspecified atom stereocenters. The van der Waals surface area contributed by atoms with Crippen molar-refractivity contribution in [3.63, 3.8) is 0 Å². The number of ether oxygens (including phenoxy) is 1. The van der Waals surface area contributed by atoms with Gasteiger partial charge in [0.15, 0.2) is 0 Å². The summed E-state index contributed by atoms with van der Waals surface area (Å²) in [5.41, 5.74) is 4.67. The van der Waals surface area contributed by atoms with Crippen LogP contribution in [0.15, 0.2) is 24.3 Å². The highest BCUT2D eigenvalue weighted by atomic mass is 16.5. The molecule has 0 heterocycles. The lowest BCUT2D eigenvalue weighted by molar-refractivity contribution is -0.430. The number of carboxylic acids is 1. The Balaban J connectivity index is 2.58. The second-order valence-electron chi connectivity index (χ2n) is 4.55. The van der Waals surface area contributed by atoms with E-state index in [1.165, 1.54) is 0 Å². The quantitative estimate of drug-likeness (QED) is 0.764. The van der Waals surface area contributed by atoms with Crippen molar-refractivity contribution in [2.75, 3.05) is 6.61 Å². The van der Waals surface area contributed by atoms with E-state index < -0.39 is 5.97 Å². The molecule has 3 N–H and O–H groups in total. The molecule has 94 valence electrons. The van der Waals surface area contributed by atoms with Crippen molar-refractivity contribution in [3.05, 3.63) is 29.8 Å². The maximum absolute atomic E-state index is 10.5. The van der Waals surface area contributed by atoms with Crippen LogP contribution in [0.1, 0.15) is 31.9 Å². The van der Waals surface area contributed by atoms with Crippen LogP contribution in [0.25, 0.3) is 0 Å². The van der Waals surface area contributed by atoms with Crippen LogP contribution in [0.3, 0.4) is 0 Å². The predicted octanol–water partition coefficient (Wildman–Crippen LogP) is 0.144. The Bertz CT molecular complexity index is 359. The monoisotopic (exact) mass is 237 g/mol. The molecular weight excluding hydrogens is 218 g/mol. The molecule has 1 aromatic rings. The van der Waals surface area contributed by atoms with Crippen LogP contribution in [-0.2, 0) is 4.79 Å². The summed E-state index contributed by atoms with van der Waals surface area (Å²) in [4.78, 5) is 10.5. The van der Waals surface area contributed by atoms with E-state index in [1.54, 1.807) is 0 Å². The Kier molecular flexibility index (Phi) is 4.97. The topological polar surface area (TPSA) is 77.0 Å². The summed E-state index contributed by atoms with van der Waals surface area (Å²) < 4.78 is 5.53. The van der Waals surface area contributed by atoms with Gasteiger partial charge in [0.25, 0.3) is 0 Å². The van der Waals surface area contributed by atoms with Gasteiger partial charge in [0.1, 0.15) is 11.8 Å². The van der Waals surface area contributed by atoms with Gasteiger partial charge in [-0.1, -0.05) is 13.8 Å². The molecule has 0 saturated carbocycles. The van der Waals surface area contributed by atoms with Crippen LogP contribution in [0, 0.1) is 5.92 Å². The normalized spacial score (nSPS) is 12.5. The zero-order valence-corrected chi connectivity index (χ0v) is 10.3. The fourth-order valence-electron chi connectivity index (χ4n) is 1.42. The van der Waals surface area contributed by atoms with Gasteiger partial charge in [-0.15, -0.1) is 0 Å². The smallest absolute Gasteiger partial charge is 0.119 e. The molecule has 4 heteroatoms. The summed E-state index contributed by atoms with van der Waals surface area (Å²) in [6.45, 7) is 4.84. The lowest BCUT2D eigenvalue weighted by atomic mass is 10.0. The summed E-state index contributed by atoms with van der Waals surface area (Å²) in [5.74, 6) is 0.196. The van der Waals surface area contributed by atoms with Crippen LogP contribution >= 0.6 is 0 Å². The fraction of sp³-hybridized carbons (Fsp3) is 0.462. The molecule has 0 radical (unpaired) electrons. The van der Waals surface area contributed by atoms with E-state index >= 15 is 0 Å². The zero-order chi connectivity index (χ0) is 12.8. The van der Waals surface area contributed by atoms with Gasteiger partial charge in [-0.25, -0.2) is 0 Å². The third-order valence-corrected chi connectivity index (χ3v) is 2.35. The predicted molar refractivity (Wildman–Crippen MR) is 62.0 cm³/mol. The highest BCUT2D eigenvalue weighted by Gasteiger charge is 2.09. The van der Waals surface area contributed by atoms with Crippen molar-refractivity contribution >= 4 is 5.97 Å². The Hall–Kier alpha value is -1.55. The molecular formula is C13H19NO3. The third kappa shape index (κ3) is 4.87. The second-order valence-corrected chi connectivity index (χ2v) is 4.55. The van der Waals surface area contributed by atoms with Gasteiger partial charge in [-0.2, -0.15) is 0 Å². The number of hydrogen-bond acceptors (Lipinski definition) is 3. The largest absolute Gasteiger partial charge is 0.550 e. The molecule has 0 spiro atoms. The molecule has 0 aliphatic rings. The number of carbonyl (C=O) groups excluding carboxylic acids is 1. The maximum atomic E-state index is 10.5. The van der Waals surface area contributed by atoms with Gasteiger partial charge >= 0.3 is 0 Å². The number of quaternary nitrogens is 1. The Labute approximate surface area is 101 Å². The minimum atomic E-state index is -1.08. The Morgan fingerprint density at radius 2 is 1.94 bits per heavy atom. The number of rotatable bonds is 6. The SMILES string of the molecule is CC(C)COc1ccc([C@H]([NH3+])CC(=O)[O-])cc1. The van der Waals surface area contributed by atoms with Gasteiger partial charge in [0, 0.05) is 18.0 Å². The molecule has 0 fully saturated rings. The molecule has 0 bridgehead atoms. The van der Waals surface area contributed by atoms with E-state index in [0.717, 1.165) is 11.3 Å². The average Bonchev–Trinajstić information content (AvgIpc) is 2.26. The van der Waals surface area contributed by atoms with Crippen LogP contribution in [-0.4, -0.2) is 12.6 Å². The summed E-state index contributed by atoms with van der Waals surface area (Å²) in [6, 6.07) is 7.09. The molecule has 0 aliphatic heterocycles. The van der Waals surface area contributed by atoms with Crippen molar-refractivity contribution in [2.24, 2.45) is 5.92 Å². The van der Waals surface area contributed by atoms with Gasteiger partial charge in [0.2, 0.25) is 0 Å². The van der Waals surface area contributed by atoms with E-state index in [9.17, 15) is 9.90 Å². The molecule has 0 saturated heterocycles. The number of carboxylic acid groups (broad SMARTS) is 1. The van der Waals surface area contributed by atoms with Gasteiger partial charge < -0.3 is 20.4 Å². The maximum Gasteiger partial charge on any atom is 0.119 e. The minimum absolute atomic E-state index is 0.0633. The van der Waals surface area contributed by atoms with Crippen molar-refractivity contribution in [1.29, 1.82) is 0 Å². The molecule has 0 aromatic heterocycles. The third-order valence-electron chi connectivity index (χ3n) is 2.35.